The second kappa shape index (κ2) is 10.7. The lowest BCUT2D eigenvalue weighted by molar-refractivity contribution is -0.180. The van der Waals surface area contributed by atoms with E-state index in [1.54, 1.807) is 53.4 Å². The van der Waals surface area contributed by atoms with Crippen molar-refractivity contribution in [2.75, 3.05) is 4.90 Å². The van der Waals surface area contributed by atoms with E-state index in [1.165, 1.54) is 13.8 Å². The number of anilines is 1. The van der Waals surface area contributed by atoms with E-state index in [1.807, 2.05) is 24.3 Å². The maximum absolute atomic E-state index is 13.7. The molecule has 1 amide bonds. The van der Waals surface area contributed by atoms with Crippen molar-refractivity contribution in [3.63, 3.8) is 0 Å². The number of β-lactam (4-membered cyclic amide) rings is 1. The van der Waals surface area contributed by atoms with Gasteiger partial charge in [0.05, 0.1) is 0 Å². The van der Waals surface area contributed by atoms with E-state index >= 15 is 0 Å². The molecule has 0 unspecified atom stereocenters. The van der Waals surface area contributed by atoms with Crippen molar-refractivity contribution in [3.8, 4) is 5.75 Å². The SMILES string of the molecule is CC(=O)Oc1ccc([C@@H]2N(c3ccc(Cl)cc3)C(=O)[C@@]2(CCCc2ccc(Cl)cc2)OC(C)=O)cc1. The number of hydrogen-bond acceptors (Lipinski definition) is 5. The standard InChI is InChI=1S/C28H25Cl2NO5/c1-18(32)35-25-15-7-21(8-16-25)26-28(36-19(2)33,17-3-4-20-5-9-22(29)10-6-20)27(34)31(26)24-13-11-23(30)12-14-24/h5-16,26H,3-4,17H2,1-2H3/t26-,28-/m0/s1. The Kier molecular flexibility index (Phi) is 7.67. The number of halogens is 2. The first-order valence-corrected chi connectivity index (χ1v) is 12.3. The molecule has 36 heavy (non-hydrogen) atoms. The zero-order valence-corrected chi connectivity index (χ0v) is 21.4. The summed E-state index contributed by atoms with van der Waals surface area (Å²) in [5.74, 6) is -0.881. The van der Waals surface area contributed by atoms with Crippen LogP contribution in [0.15, 0.2) is 72.8 Å². The molecule has 0 N–H and O–H groups in total. The molecule has 0 aliphatic carbocycles. The van der Waals surface area contributed by atoms with E-state index in [0.717, 1.165) is 11.1 Å². The smallest absolute Gasteiger partial charge is 0.308 e. The van der Waals surface area contributed by atoms with Gasteiger partial charge >= 0.3 is 11.9 Å². The van der Waals surface area contributed by atoms with Gasteiger partial charge in [0.15, 0.2) is 0 Å². The molecule has 4 rings (SSSR count). The first kappa shape index (κ1) is 25.7. The maximum Gasteiger partial charge on any atom is 0.308 e. The molecule has 0 aromatic heterocycles. The number of benzene rings is 3. The van der Waals surface area contributed by atoms with Crippen LogP contribution in [0, 0.1) is 0 Å². The number of aryl methyl sites for hydroxylation is 1. The number of carbonyl (C=O) groups is 3. The largest absolute Gasteiger partial charge is 0.446 e. The van der Waals surface area contributed by atoms with Gasteiger partial charge in [-0.05, 0) is 78.9 Å². The fraction of sp³-hybridized carbons (Fsp3) is 0.250. The van der Waals surface area contributed by atoms with E-state index in [9.17, 15) is 14.4 Å². The van der Waals surface area contributed by atoms with Crippen LogP contribution in [-0.2, 0) is 25.5 Å². The second-order valence-electron chi connectivity index (χ2n) is 8.68. The van der Waals surface area contributed by atoms with Crippen molar-refractivity contribution in [2.45, 2.75) is 44.8 Å². The molecule has 1 fully saturated rings. The van der Waals surface area contributed by atoms with Crippen LogP contribution >= 0.6 is 23.2 Å². The second-order valence-corrected chi connectivity index (χ2v) is 9.55. The number of ether oxygens (including phenoxy) is 2. The fourth-order valence-electron chi connectivity index (χ4n) is 4.61. The zero-order valence-electron chi connectivity index (χ0n) is 19.9. The Morgan fingerprint density at radius 2 is 1.44 bits per heavy atom. The predicted molar refractivity (Wildman–Crippen MR) is 138 cm³/mol. The van der Waals surface area contributed by atoms with Crippen LogP contribution in [0.25, 0.3) is 0 Å². The summed E-state index contributed by atoms with van der Waals surface area (Å²) in [5.41, 5.74) is 1.08. The maximum atomic E-state index is 13.7. The molecule has 0 radical (unpaired) electrons. The summed E-state index contributed by atoms with van der Waals surface area (Å²) in [6, 6.07) is 20.7. The van der Waals surface area contributed by atoms with Gasteiger partial charge in [-0.1, -0.05) is 47.5 Å². The number of carbonyl (C=O) groups excluding carboxylic acids is 3. The quantitative estimate of drug-likeness (QED) is 0.195. The van der Waals surface area contributed by atoms with Crippen molar-refractivity contribution < 1.29 is 23.9 Å². The van der Waals surface area contributed by atoms with Crippen LogP contribution in [0.5, 0.6) is 5.75 Å². The minimum atomic E-state index is -1.37. The molecule has 1 aliphatic rings. The average molecular weight is 526 g/mol. The fourth-order valence-corrected chi connectivity index (χ4v) is 4.86. The highest BCUT2D eigenvalue weighted by atomic mass is 35.5. The summed E-state index contributed by atoms with van der Waals surface area (Å²) in [6.07, 6.45) is 1.62. The molecule has 0 spiro atoms. The highest BCUT2D eigenvalue weighted by Crippen LogP contribution is 2.51. The predicted octanol–water partition coefficient (Wildman–Crippen LogP) is 6.33. The van der Waals surface area contributed by atoms with Gasteiger partial charge in [-0.3, -0.25) is 19.3 Å². The molecule has 1 aliphatic heterocycles. The first-order chi connectivity index (χ1) is 17.2. The van der Waals surface area contributed by atoms with Crippen LogP contribution < -0.4 is 9.64 Å². The molecule has 2 atom stereocenters. The van der Waals surface area contributed by atoms with Gasteiger partial charge in [-0.15, -0.1) is 0 Å². The van der Waals surface area contributed by atoms with Crippen molar-refractivity contribution in [1.29, 1.82) is 0 Å². The molecule has 0 saturated carbocycles. The van der Waals surface area contributed by atoms with Crippen molar-refractivity contribution >= 4 is 46.7 Å². The van der Waals surface area contributed by atoms with Crippen molar-refractivity contribution in [2.24, 2.45) is 0 Å². The Bertz CT molecular complexity index is 1260. The Balaban J connectivity index is 1.68. The minimum Gasteiger partial charge on any atom is -0.446 e. The Labute approximate surface area is 219 Å². The molecule has 0 bridgehead atoms. The Morgan fingerprint density at radius 1 is 0.861 bits per heavy atom. The normalized spacial score (nSPS) is 18.9. The van der Waals surface area contributed by atoms with Crippen LogP contribution in [0.2, 0.25) is 10.0 Å². The lowest BCUT2D eigenvalue weighted by Gasteiger charge is -2.55. The summed E-state index contributed by atoms with van der Waals surface area (Å²) < 4.78 is 11.0. The molecular weight excluding hydrogens is 501 g/mol. The third kappa shape index (κ3) is 5.40. The summed E-state index contributed by atoms with van der Waals surface area (Å²) in [5, 5.41) is 1.20. The van der Waals surface area contributed by atoms with Crippen LogP contribution in [-0.4, -0.2) is 23.4 Å². The molecular formula is C28H25Cl2NO5. The molecule has 1 saturated heterocycles. The lowest BCUT2D eigenvalue weighted by atomic mass is 9.73. The minimum absolute atomic E-state index is 0.301. The summed E-state index contributed by atoms with van der Waals surface area (Å²) in [4.78, 5) is 38.9. The summed E-state index contributed by atoms with van der Waals surface area (Å²) >= 11 is 12.1. The number of hydrogen-bond donors (Lipinski definition) is 0. The van der Waals surface area contributed by atoms with Crippen LogP contribution in [0.4, 0.5) is 5.69 Å². The summed E-state index contributed by atoms with van der Waals surface area (Å²) in [6.45, 7) is 2.63. The van der Waals surface area contributed by atoms with Gasteiger partial charge in [-0.2, -0.15) is 0 Å². The Morgan fingerprint density at radius 3 is 2.00 bits per heavy atom. The number of nitrogens with zero attached hydrogens (tertiary/aromatic N) is 1. The van der Waals surface area contributed by atoms with E-state index < -0.39 is 23.6 Å². The highest BCUT2D eigenvalue weighted by Gasteiger charge is 2.64. The van der Waals surface area contributed by atoms with Crippen molar-refractivity contribution in [1.82, 2.24) is 0 Å². The van der Waals surface area contributed by atoms with Gasteiger partial charge in [0, 0.05) is 29.6 Å². The average Bonchev–Trinajstić information content (AvgIpc) is 2.84. The van der Waals surface area contributed by atoms with Gasteiger partial charge in [0.2, 0.25) is 5.60 Å². The monoisotopic (exact) mass is 525 g/mol. The van der Waals surface area contributed by atoms with E-state index in [2.05, 4.69) is 0 Å². The molecule has 1 heterocycles. The third-order valence-electron chi connectivity index (χ3n) is 6.10. The van der Waals surface area contributed by atoms with Gasteiger partial charge in [0.25, 0.3) is 5.91 Å². The van der Waals surface area contributed by atoms with Gasteiger partial charge in [0.1, 0.15) is 11.8 Å². The Hall–Kier alpha value is -3.35. The van der Waals surface area contributed by atoms with Crippen LogP contribution in [0.3, 0.4) is 0 Å². The van der Waals surface area contributed by atoms with Gasteiger partial charge in [-0.25, -0.2) is 0 Å². The third-order valence-corrected chi connectivity index (χ3v) is 6.60. The molecule has 8 heteroatoms. The number of esters is 2. The molecule has 3 aromatic carbocycles. The van der Waals surface area contributed by atoms with E-state index in [-0.39, 0.29) is 5.91 Å². The van der Waals surface area contributed by atoms with Gasteiger partial charge < -0.3 is 9.47 Å². The molecule has 3 aromatic rings. The summed E-state index contributed by atoms with van der Waals surface area (Å²) in [7, 11) is 0. The van der Waals surface area contributed by atoms with Crippen LogP contribution in [0.1, 0.15) is 43.9 Å². The number of rotatable bonds is 8. The topological polar surface area (TPSA) is 72.9 Å². The highest BCUT2D eigenvalue weighted by molar-refractivity contribution is 6.31. The first-order valence-electron chi connectivity index (χ1n) is 11.5. The van der Waals surface area contributed by atoms with E-state index in [0.29, 0.717) is 40.7 Å². The van der Waals surface area contributed by atoms with E-state index in [4.69, 9.17) is 32.7 Å². The molecule has 6 nitrogen and oxygen atoms in total. The van der Waals surface area contributed by atoms with Crippen molar-refractivity contribution in [3.05, 3.63) is 94.0 Å². The molecule has 186 valence electrons. The number of amides is 1. The lowest BCUT2D eigenvalue weighted by Crippen LogP contribution is -2.70. The zero-order chi connectivity index (χ0) is 25.9.